The predicted octanol–water partition coefficient (Wildman–Crippen LogP) is 2.41. The normalized spacial score (nSPS) is 16.0. The molecule has 1 aliphatic carbocycles. The second-order valence-electron chi connectivity index (χ2n) is 5.64. The Morgan fingerprint density at radius 1 is 1.48 bits per heavy atom. The summed E-state index contributed by atoms with van der Waals surface area (Å²) in [4.78, 5) is 2.43. The summed E-state index contributed by atoms with van der Waals surface area (Å²) in [5, 5.41) is 11.9. The molecule has 3 N–H and O–H groups in total. The number of amidine groups is 1. The average molecular weight is 291 g/mol. The van der Waals surface area contributed by atoms with E-state index in [4.69, 9.17) is 15.7 Å². The molecule has 1 aromatic carbocycles. The summed E-state index contributed by atoms with van der Waals surface area (Å²) in [5.74, 6) is 1.81. The van der Waals surface area contributed by atoms with Crippen LogP contribution in [0.15, 0.2) is 23.4 Å². The van der Waals surface area contributed by atoms with E-state index in [1.165, 1.54) is 19.3 Å². The summed E-state index contributed by atoms with van der Waals surface area (Å²) in [7, 11) is 1.67. The van der Waals surface area contributed by atoms with E-state index in [0.29, 0.717) is 5.56 Å². The van der Waals surface area contributed by atoms with E-state index >= 15 is 0 Å². The van der Waals surface area contributed by atoms with Gasteiger partial charge in [-0.1, -0.05) is 18.5 Å². The Morgan fingerprint density at radius 2 is 2.24 bits per heavy atom. The molecular weight excluding hydrogens is 266 g/mol. The first kappa shape index (κ1) is 15.6. The van der Waals surface area contributed by atoms with Crippen LogP contribution in [0.3, 0.4) is 0 Å². The lowest BCUT2D eigenvalue weighted by Crippen LogP contribution is -2.32. The Morgan fingerprint density at radius 3 is 2.76 bits per heavy atom. The first-order valence-corrected chi connectivity index (χ1v) is 7.55. The maximum Gasteiger partial charge on any atom is 0.170 e. The van der Waals surface area contributed by atoms with Gasteiger partial charge in [-0.15, -0.1) is 0 Å². The Bertz CT molecular complexity index is 498. The van der Waals surface area contributed by atoms with Crippen LogP contribution < -0.4 is 10.5 Å². The maximum absolute atomic E-state index is 8.81. The second kappa shape index (κ2) is 7.31. The van der Waals surface area contributed by atoms with Crippen molar-refractivity contribution >= 4 is 5.84 Å². The molecule has 0 atom stereocenters. The highest BCUT2D eigenvalue weighted by Gasteiger charge is 2.20. The minimum Gasteiger partial charge on any atom is -0.496 e. The molecule has 5 heteroatoms. The molecule has 0 amide bonds. The highest BCUT2D eigenvalue weighted by atomic mass is 16.5. The molecule has 1 saturated carbocycles. The van der Waals surface area contributed by atoms with Gasteiger partial charge in [0.2, 0.25) is 0 Å². The van der Waals surface area contributed by atoms with E-state index in [1.807, 2.05) is 12.1 Å². The number of rotatable bonds is 7. The van der Waals surface area contributed by atoms with Gasteiger partial charge in [0, 0.05) is 24.2 Å². The van der Waals surface area contributed by atoms with Crippen LogP contribution in [-0.2, 0) is 6.54 Å². The fourth-order valence-corrected chi connectivity index (χ4v) is 2.71. The summed E-state index contributed by atoms with van der Waals surface area (Å²) in [6, 6.07) is 5.62. The zero-order chi connectivity index (χ0) is 15.2. The van der Waals surface area contributed by atoms with Gasteiger partial charge >= 0.3 is 0 Å². The van der Waals surface area contributed by atoms with Crippen LogP contribution in [0.1, 0.15) is 37.3 Å². The molecule has 5 nitrogen and oxygen atoms in total. The highest BCUT2D eigenvalue weighted by molar-refractivity contribution is 5.97. The van der Waals surface area contributed by atoms with Crippen molar-refractivity contribution in [3.63, 3.8) is 0 Å². The SMILES string of the molecule is CCN(Cc1cc(/C(N)=N/O)ccc1OC)CC1CCC1. The first-order chi connectivity index (χ1) is 10.2. The zero-order valence-corrected chi connectivity index (χ0v) is 12.9. The maximum atomic E-state index is 8.81. The van der Waals surface area contributed by atoms with E-state index in [1.54, 1.807) is 13.2 Å². The van der Waals surface area contributed by atoms with Crippen LogP contribution in [0.2, 0.25) is 0 Å². The Hall–Kier alpha value is -1.75. The number of nitrogens with zero attached hydrogens (tertiary/aromatic N) is 2. The number of nitrogens with two attached hydrogens (primary N) is 1. The van der Waals surface area contributed by atoms with Crippen LogP contribution in [0.25, 0.3) is 0 Å². The second-order valence-corrected chi connectivity index (χ2v) is 5.64. The molecule has 0 saturated heterocycles. The molecule has 1 aromatic rings. The van der Waals surface area contributed by atoms with E-state index in [2.05, 4.69) is 17.0 Å². The minimum absolute atomic E-state index is 0.126. The van der Waals surface area contributed by atoms with Crippen LogP contribution >= 0.6 is 0 Å². The Kier molecular flexibility index (Phi) is 5.44. The van der Waals surface area contributed by atoms with E-state index < -0.39 is 0 Å². The van der Waals surface area contributed by atoms with Gasteiger partial charge in [-0.05, 0) is 43.5 Å². The summed E-state index contributed by atoms with van der Waals surface area (Å²) in [6.07, 6.45) is 4.06. The number of hydrogen-bond acceptors (Lipinski definition) is 4. The molecule has 0 heterocycles. The molecular formula is C16H25N3O2. The Balaban J connectivity index is 2.14. The van der Waals surface area contributed by atoms with E-state index in [-0.39, 0.29) is 5.84 Å². The quantitative estimate of drug-likeness (QED) is 0.350. The van der Waals surface area contributed by atoms with Crippen molar-refractivity contribution in [2.75, 3.05) is 20.2 Å². The topological polar surface area (TPSA) is 71.1 Å². The number of oxime groups is 1. The fourth-order valence-electron chi connectivity index (χ4n) is 2.71. The highest BCUT2D eigenvalue weighted by Crippen LogP contribution is 2.28. The van der Waals surface area contributed by atoms with Crippen molar-refractivity contribution in [2.24, 2.45) is 16.8 Å². The molecule has 116 valence electrons. The molecule has 0 bridgehead atoms. The van der Waals surface area contributed by atoms with Crippen molar-refractivity contribution < 1.29 is 9.94 Å². The van der Waals surface area contributed by atoms with Gasteiger partial charge in [0.15, 0.2) is 5.84 Å². The van der Waals surface area contributed by atoms with Gasteiger partial charge in [0.25, 0.3) is 0 Å². The minimum atomic E-state index is 0.126. The first-order valence-electron chi connectivity index (χ1n) is 7.55. The van der Waals surface area contributed by atoms with Crippen LogP contribution in [0, 0.1) is 5.92 Å². The van der Waals surface area contributed by atoms with Crippen molar-refractivity contribution in [3.8, 4) is 5.75 Å². The van der Waals surface area contributed by atoms with Crippen molar-refractivity contribution in [2.45, 2.75) is 32.7 Å². The van der Waals surface area contributed by atoms with Gasteiger partial charge in [0.1, 0.15) is 5.75 Å². The molecule has 2 rings (SSSR count). The number of benzene rings is 1. The lowest BCUT2D eigenvalue weighted by Gasteiger charge is -2.32. The average Bonchev–Trinajstić information content (AvgIpc) is 2.48. The summed E-state index contributed by atoms with van der Waals surface area (Å²) in [6.45, 7) is 5.14. The van der Waals surface area contributed by atoms with Gasteiger partial charge in [0.05, 0.1) is 7.11 Å². The lowest BCUT2D eigenvalue weighted by molar-refractivity contribution is 0.177. The molecule has 0 unspecified atom stereocenters. The third kappa shape index (κ3) is 3.88. The number of methoxy groups -OCH3 is 1. The fraction of sp³-hybridized carbons (Fsp3) is 0.562. The van der Waals surface area contributed by atoms with Gasteiger partial charge < -0.3 is 15.7 Å². The van der Waals surface area contributed by atoms with E-state index in [9.17, 15) is 0 Å². The summed E-state index contributed by atoms with van der Waals surface area (Å²) < 4.78 is 5.43. The molecule has 1 aliphatic rings. The Labute approximate surface area is 126 Å². The van der Waals surface area contributed by atoms with Crippen LogP contribution in [0.4, 0.5) is 0 Å². The van der Waals surface area contributed by atoms with E-state index in [0.717, 1.165) is 36.9 Å². The van der Waals surface area contributed by atoms with Crippen LogP contribution in [0.5, 0.6) is 5.75 Å². The smallest absolute Gasteiger partial charge is 0.170 e. The van der Waals surface area contributed by atoms with Gasteiger partial charge in [-0.2, -0.15) is 0 Å². The molecule has 0 radical (unpaired) electrons. The van der Waals surface area contributed by atoms with Crippen molar-refractivity contribution in [1.82, 2.24) is 4.90 Å². The molecule has 0 aromatic heterocycles. The number of hydrogen-bond donors (Lipinski definition) is 2. The number of ether oxygens (including phenoxy) is 1. The van der Waals surface area contributed by atoms with Gasteiger partial charge in [-0.25, -0.2) is 0 Å². The summed E-state index contributed by atoms with van der Waals surface area (Å²) >= 11 is 0. The zero-order valence-electron chi connectivity index (χ0n) is 12.9. The molecule has 1 fully saturated rings. The molecule has 21 heavy (non-hydrogen) atoms. The largest absolute Gasteiger partial charge is 0.496 e. The third-order valence-electron chi connectivity index (χ3n) is 4.27. The predicted molar refractivity (Wildman–Crippen MR) is 83.8 cm³/mol. The summed E-state index contributed by atoms with van der Waals surface area (Å²) in [5.41, 5.74) is 7.46. The van der Waals surface area contributed by atoms with Crippen molar-refractivity contribution in [1.29, 1.82) is 0 Å². The molecule has 0 aliphatic heterocycles. The standard InChI is InChI=1S/C16H25N3O2/c1-3-19(10-12-5-4-6-12)11-14-9-13(16(17)18-20)7-8-15(14)21-2/h7-9,12,20H,3-6,10-11H2,1-2H3,(H2,17,18). The monoisotopic (exact) mass is 291 g/mol. The lowest BCUT2D eigenvalue weighted by atomic mass is 9.85. The van der Waals surface area contributed by atoms with Crippen molar-refractivity contribution in [3.05, 3.63) is 29.3 Å². The van der Waals surface area contributed by atoms with Gasteiger partial charge in [-0.3, -0.25) is 4.90 Å². The molecule has 0 spiro atoms. The van der Waals surface area contributed by atoms with Crippen LogP contribution in [-0.4, -0.2) is 36.1 Å². The third-order valence-corrected chi connectivity index (χ3v) is 4.27.